The van der Waals surface area contributed by atoms with Crippen molar-refractivity contribution in [3.8, 4) is 0 Å². The zero-order valence-corrected chi connectivity index (χ0v) is 11.7. The Morgan fingerprint density at radius 1 is 1.33 bits per heavy atom. The fourth-order valence-electron chi connectivity index (χ4n) is 1.88. The lowest BCUT2D eigenvalue weighted by Gasteiger charge is -2.17. The zero-order valence-electron chi connectivity index (χ0n) is 11.7. The average Bonchev–Trinajstić information content (AvgIpc) is 2.38. The second-order valence-corrected chi connectivity index (χ2v) is 4.67. The summed E-state index contributed by atoms with van der Waals surface area (Å²) in [7, 11) is 1.52. The summed E-state index contributed by atoms with van der Waals surface area (Å²) in [5.74, 6) is -0.273. The molecule has 21 heavy (non-hydrogen) atoms. The van der Waals surface area contributed by atoms with Gasteiger partial charge in [0.2, 0.25) is 5.91 Å². The lowest BCUT2D eigenvalue weighted by molar-refractivity contribution is -0.137. The van der Waals surface area contributed by atoms with Gasteiger partial charge in [-0.1, -0.05) is 12.1 Å². The summed E-state index contributed by atoms with van der Waals surface area (Å²) >= 11 is 0. The van der Waals surface area contributed by atoms with E-state index in [-0.39, 0.29) is 18.4 Å². The van der Waals surface area contributed by atoms with Crippen molar-refractivity contribution in [1.82, 2.24) is 5.32 Å². The zero-order chi connectivity index (χ0) is 15.9. The molecule has 0 aliphatic rings. The molecular weight excluding hydrogens is 285 g/mol. The number of ether oxygens (including phenoxy) is 1. The van der Waals surface area contributed by atoms with E-state index in [9.17, 15) is 18.0 Å². The first kappa shape index (κ1) is 17.5. The van der Waals surface area contributed by atoms with Crippen molar-refractivity contribution >= 4 is 5.91 Å². The fourth-order valence-corrected chi connectivity index (χ4v) is 1.88. The van der Waals surface area contributed by atoms with Crippen molar-refractivity contribution in [2.75, 3.05) is 20.3 Å². The van der Waals surface area contributed by atoms with E-state index in [4.69, 9.17) is 10.5 Å². The van der Waals surface area contributed by atoms with Gasteiger partial charge >= 0.3 is 6.18 Å². The Labute approximate surface area is 121 Å². The molecule has 1 aromatic rings. The maximum Gasteiger partial charge on any atom is 0.416 e. The number of carbonyl (C=O) groups excluding carboxylic acids is 1. The highest BCUT2D eigenvalue weighted by molar-refractivity contribution is 5.78. The predicted molar refractivity (Wildman–Crippen MR) is 72.6 cm³/mol. The number of nitrogens with two attached hydrogens (primary N) is 1. The summed E-state index contributed by atoms with van der Waals surface area (Å²) in [6.07, 6.45) is -3.78. The van der Waals surface area contributed by atoms with Crippen LogP contribution in [-0.4, -0.2) is 32.2 Å². The van der Waals surface area contributed by atoms with Crippen molar-refractivity contribution in [2.45, 2.75) is 25.1 Å². The highest BCUT2D eigenvalue weighted by Crippen LogP contribution is 2.29. The summed E-state index contributed by atoms with van der Waals surface area (Å²) < 4.78 is 42.2. The van der Waals surface area contributed by atoms with E-state index in [0.29, 0.717) is 25.1 Å². The quantitative estimate of drug-likeness (QED) is 0.806. The van der Waals surface area contributed by atoms with Crippen LogP contribution in [0.25, 0.3) is 0 Å². The van der Waals surface area contributed by atoms with Crippen molar-refractivity contribution < 1.29 is 22.7 Å². The topological polar surface area (TPSA) is 64.3 Å². The third-order valence-electron chi connectivity index (χ3n) is 2.89. The van der Waals surface area contributed by atoms with Crippen LogP contribution < -0.4 is 11.1 Å². The number of hydrogen-bond donors (Lipinski definition) is 2. The fraction of sp³-hybridized carbons (Fsp3) is 0.500. The summed E-state index contributed by atoms with van der Waals surface area (Å²) in [5, 5.41) is 2.75. The normalized spacial score (nSPS) is 13.0. The standard InChI is InChI=1S/C14H19F3N2O2/c1-21-9-12(6-7-18)19-13(20)8-10-2-4-11(5-3-10)14(15,16)17/h2-5,12H,6-9,18H2,1H3,(H,19,20). The van der Waals surface area contributed by atoms with E-state index in [2.05, 4.69) is 5.32 Å². The monoisotopic (exact) mass is 304 g/mol. The molecule has 0 aliphatic heterocycles. The van der Waals surface area contributed by atoms with Crippen LogP contribution in [0.2, 0.25) is 0 Å². The van der Waals surface area contributed by atoms with Crippen LogP contribution in [0.4, 0.5) is 13.2 Å². The van der Waals surface area contributed by atoms with E-state index in [1.807, 2.05) is 0 Å². The molecule has 1 rings (SSSR count). The largest absolute Gasteiger partial charge is 0.416 e. The lowest BCUT2D eigenvalue weighted by Crippen LogP contribution is -2.40. The van der Waals surface area contributed by atoms with Gasteiger partial charge in [-0.25, -0.2) is 0 Å². The van der Waals surface area contributed by atoms with Crippen LogP contribution in [0.1, 0.15) is 17.5 Å². The molecule has 0 saturated heterocycles. The number of rotatable bonds is 7. The van der Waals surface area contributed by atoms with Gasteiger partial charge in [0.05, 0.1) is 24.6 Å². The van der Waals surface area contributed by atoms with Crippen molar-refractivity contribution in [3.63, 3.8) is 0 Å². The van der Waals surface area contributed by atoms with Crippen LogP contribution in [0.5, 0.6) is 0 Å². The van der Waals surface area contributed by atoms with Gasteiger partial charge < -0.3 is 15.8 Å². The van der Waals surface area contributed by atoms with E-state index in [0.717, 1.165) is 12.1 Å². The van der Waals surface area contributed by atoms with Gasteiger partial charge in [-0.2, -0.15) is 13.2 Å². The first-order valence-electron chi connectivity index (χ1n) is 6.51. The van der Waals surface area contributed by atoms with E-state index in [1.165, 1.54) is 19.2 Å². The predicted octanol–water partition coefficient (Wildman–Crippen LogP) is 1.73. The van der Waals surface area contributed by atoms with Gasteiger partial charge in [-0.05, 0) is 30.7 Å². The second-order valence-electron chi connectivity index (χ2n) is 4.67. The van der Waals surface area contributed by atoms with Crippen molar-refractivity contribution in [1.29, 1.82) is 0 Å². The third kappa shape index (κ3) is 6.14. The molecule has 1 atom stereocenters. The average molecular weight is 304 g/mol. The van der Waals surface area contributed by atoms with E-state index >= 15 is 0 Å². The Hall–Kier alpha value is -1.60. The Bertz CT molecular complexity index is 441. The van der Waals surface area contributed by atoms with Crippen LogP contribution in [-0.2, 0) is 22.1 Å². The summed E-state index contributed by atoms with van der Waals surface area (Å²) in [6, 6.07) is 4.35. The summed E-state index contributed by atoms with van der Waals surface area (Å²) in [5.41, 5.74) is 5.22. The molecule has 118 valence electrons. The van der Waals surface area contributed by atoms with E-state index < -0.39 is 11.7 Å². The number of hydrogen-bond acceptors (Lipinski definition) is 3. The first-order chi connectivity index (χ1) is 9.86. The minimum atomic E-state index is -4.37. The number of carbonyl (C=O) groups is 1. The SMILES string of the molecule is COCC(CCN)NC(=O)Cc1ccc(C(F)(F)F)cc1. The molecule has 0 aliphatic carbocycles. The molecule has 3 N–H and O–H groups in total. The maximum absolute atomic E-state index is 12.4. The van der Waals surface area contributed by atoms with Gasteiger partial charge in [-0.3, -0.25) is 4.79 Å². The Balaban J connectivity index is 2.58. The summed E-state index contributed by atoms with van der Waals surface area (Å²) in [4.78, 5) is 11.8. The number of halogens is 3. The minimum Gasteiger partial charge on any atom is -0.383 e. The van der Waals surface area contributed by atoms with Gasteiger partial charge in [0.25, 0.3) is 0 Å². The van der Waals surface area contributed by atoms with Crippen molar-refractivity contribution in [2.24, 2.45) is 5.73 Å². The molecule has 0 saturated carbocycles. The first-order valence-corrected chi connectivity index (χ1v) is 6.51. The Kier molecular flexibility index (Phi) is 6.64. The molecule has 1 amide bonds. The highest BCUT2D eigenvalue weighted by Gasteiger charge is 2.29. The smallest absolute Gasteiger partial charge is 0.383 e. The molecule has 0 aromatic heterocycles. The van der Waals surface area contributed by atoms with Crippen LogP contribution in [0.15, 0.2) is 24.3 Å². The van der Waals surface area contributed by atoms with Gasteiger partial charge in [-0.15, -0.1) is 0 Å². The number of methoxy groups -OCH3 is 1. The maximum atomic E-state index is 12.4. The van der Waals surface area contributed by atoms with Crippen molar-refractivity contribution in [3.05, 3.63) is 35.4 Å². The molecule has 7 heteroatoms. The number of nitrogens with one attached hydrogen (secondary N) is 1. The highest BCUT2D eigenvalue weighted by atomic mass is 19.4. The van der Waals surface area contributed by atoms with Gasteiger partial charge in [0, 0.05) is 7.11 Å². The minimum absolute atomic E-state index is 0.0168. The molecule has 1 unspecified atom stereocenters. The molecule has 0 fully saturated rings. The number of benzene rings is 1. The molecule has 1 aromatic carbocycles. The summed E-state index contributed by atoms with van der Waals surface area (Å²) in [6.45, 7) is 0.755. The van der Waals surface area contributed by atoms with Gasteiger partial charge in [0.15, 0.2) is 0 Å². The lowest BCUT2D eigenvalue weighted by atomic mass is 10.1. The Morgan fingerprint density at radius 2 is 1.95 bits per heavy atom. The number of alkyl halides is 3. The van der Waals surface area contributed by atoms with Crippen LogP contribution in [0, 0.1) is 0 Å². The molecule has 0 bridgehead atoms. The number of amides is 1. The van der Waals surface area contributed by atoms with E-state index in [1.54, 1.807) is 0 Å². The second kappa shape index (κ2) is 7.99. The molecule has 0 radical (unpaired) electrons. The van der Waals surface area contributed by atoms with Crippen LogP contribution >= 0.6 is 0 Å². The van der Waals surface area contributed by atoms with Crippen LogP contribution in [0.3, 0.4) is 0 Å². The molecule has 4 nitrogen and oxygen atoms in total. The molecular formula is C14H19F3N2O2. The van der Waals surface area contributed by atoms with Gasteiger partial charge in [0.1, 0.15) is 0 Å². The molecule has 0 spiro atoms. The molecule has 0 heterocycles. The third-order valence-corrected chi connectivity index (χ3v) is 2.89. The Morgan fingerprint density at radius 3 is 2.43 bits per heavy atom.